The predicted molar refractivity (Wildman–Crippen MR) is 111 cm³/mol. The second-order valence-electron chi connectivity index (χ2n) is 10.8. The second kappa shape index (κ2) is 9.16. The molecule has 0 aliphatic rings. The maximum absolute atomic E-state index is 11.9. The second-order valence-corrected chi connectivity index (χ2v) is 10.8. The molecule has 0 aliphatic carbocycles. The van der Waals surface area contributed by atoms with Crippen molar-refractivity contribution in [3.8, 4) is 0 Å². The summed E-state index contributed by atoms with van der Waals surface area (Å²) in [5, 5.41) is 3.61. The molecule has 156 valence electrons. The summed E-state index contributed by atoms with van der Waals surface area (Å²) in [6, 6.07) is 0.430. The predicted octanol–water partition coefficient (Wildman–Crippen LogP) is 5.14. The summed E-state index contributed by atoms with van der Waals surface area (Å²) in [5.74, 6) is 0.142. The van der Waals surface area contributed by atoms with Crippen LogP contribution in [0.2, 0.25) is 0 Å². The largest absolute Gasteiger partial charge is 0.370 e. The Hall–Kier alpha value is -0.450. The molecule has 0 unspecified atom stereocenters. The lowest BCUT2D eigenvalue weighted by Crippen LogP contribution is -2.51. The van der Waals surface area contributed by atoms with Gasteiger partial charge in [-0.2, -0.15) is 0 Å². The molecule has 0 aromatic carbocycles. The molecule has 0 aromatic heterocycles. The van der Waals surface area contributed by atoms with Crippen LogP contribution in [0.15, 0.2) is 0 Å². The van der Waals surface area contributed by atoms with Crippen LogP contribution in [0.5, 0.6) is 0 Å². The first-order chi connectivity index (χ1) is 11.4. The van der Waals surface area contributed by atoms with Crippen LogP contribution < -0.4 is 5.32 Å². The van der Waals surface area contributed by atoms with Crippen molar-refractivity contribution in [1.82, 2.24) is 5.32 Å². The Bertz CT molecular complexity index is 448. The average Bonchev–Trinajstić information content (AvgIpc) is 2.28. The lowest BCUT2D eigenvalue weighted by atomic mass is 9.86. The SMILES string of the molecule is CC(C)NC(C)(C)CC(C)(C)OC(C)(C)CC(C)(C)OCC(=O)C(C)C. The Morgan fingerprint density at radius 1 is 0.808 bits per heavy atom. The Morgan fingerprint density at radius 3 is 1.69 bits per heavy atom. The zero-order valence-electron chi connectivity index (χ0n) is 19.5. The van der Waals surface area contributed by atoms with E-state index in [0.717, 1.165) is 6.42 Å². The van der Waals surface area contributed by atoms with Crippen LogP contribution in [0, 0.1) is 5.92 Å². The highest BCUT2D eigenvalue weighted by atomic mass is 16.5. The first kappa shape index (κ1) is 25.6. The van der Waals surface area contributed by atoms with Crippen LogP contribution in [-0.2, 0) is 14.3 Å². The highest BCUT2D eigenvalue weighted by molar-refractivity contribution is 5.81. The smallest absolute Gasteiger partial charge is 0.161 e. The number of carbonyl (C=O) groups excluding carboxylic acids is 1. The van der Waals surface area contributed by atoms with E-state index < -0.39 is 5.60 Å². The molecule has 26 heavy (non-hydrogen) atoms. The normalized spacial score (nSPS) is 14.4. The van der Waals surface area contributed by atoms with Gasteiger partial charge < -0.3 is 14.8 Å². The average molecular weight is 372 g/mol. The topological polar surface area (TPSA) is 47.6 Å². The number of rotatable bonds is 12. The molecule has 0 saturated carbocycles. The zero-order chi connectivity index (χ0) is 21.0. The lowest BCUT2D eigenvalue weighted by Gasteiger charge is -2.44. The highest BCUT2D eigenvalue weighted by Gasteiger charge is 2.38. The summed E-state index contributed by atoms with van der Waals surface area (Å²) in [5.41, 5.74) is -1.07. The van der Waals surface area contributed by atoms with Gasteiger partial charge in [0.15, 0.2) is 5.78 Å². The molecule has 0 heterocycles. The summed E-state index contributed by atoms with van der Waals surface area (Å²) in [4.78, 5) is 11.9. The minimum absolute atomic E-state index is 0.00434. The van der Waals surface area contributed by atoms with Gasteiger partial charge >= 0.3 is 0 Å². The van der Waals surface area contributed by atoms with E-state index in [9.17, 15) is 4.79 Å². The van der Waals surface area contributed by atoms with E-state index in [4.69, 9.17) is 9.47 Å². The molecule has 0 bridgehead atoms. The Morgan fingerprint density at radius 2 is 1.27 bits per heavy atom. The first-order valence-corrected chi connectivity index (χ1v) is 10.0. The van der Waals surface area contributed by atoms with Crippen molar-refractivity contribution in [3.63, 3.8) is 0 Å². The maximum atomic E-state index is 11.9. The summed E-state index contributed by atoms with van der Waals surface area (Å²) < 4.78 is 12.4. The van der Waals surface area contributed by atoms with Crippen molar-refractivity contribution in [2.45, 2.75) is 124 Å². The zero-order valence-corrected chi connectivity index (χ0v) is 19.5. The summed E-state index contributed by atoms with van der Waals surface area (Å²) in [6.07, 6.45) is 1.61. The van der Waals surface area contributed by atoms with Gasteiger partial charge in [-0.05, 0) is 61.8 Å². The number of Topliss-reactive ketones (excluding diaryl/α,β-unsaturated/α-hetero) is 1. The molecular formula is C22H45NO3. The number of hydrogen-bond acceptors (Lipinski definition) is 4. The molecule has 0 aromatic rings. The third-order valence-corrected chi connectivity index (χ3v) is 4.20. The number of ketones is 1. The van der Waals surface area contributed by atoms with Crippen molar-refractivity contribution in [2.75, 3.05) is 6.61 Å². The van der Waals surface area contributed by atoms with Gasteiger partial charge in [0.2, 0.25) is 0 Å². The minimum Gasteiger partial charge on any atom is -0.370 e. The maximum Gasteiger partial charge on any atom is 0.161 e. The fraction of sp³-hybridized carbons (Fsp3) is 0.955. The number of ether oxygens (including phenoxy) is 2. The van der Waals surface area contributed by atoms with Crippen molar-refractivity contribution in [2.24, 2.45) is 5.92 Å². The van der Waals surface area contributed by atoms with Crippen LogP contribution in [0.1, 0.15) is 95.9 Å². The van der Waals surface area contributed by atoms with E-state index in [1.165, 1.54) is 0 Å². The van der Waals surface area contributed by atoms with Crippen molar-refractivity contribution >= 4 is 5.78 Å². The van der Waals surface area contributed by atoms with Crippen LogP contribution in [0.4, 0.5) is 0 Å². The standard InChI is InChI=1S/C22H45NO3/c1-16(2)18(24)13-25-20(7,8)15-22(11,12)26-21(9,10)14-19(5,6)23-17(3)4/h16-17,23H,13-15H2,1-12H3. The van der Waals surface area contributed by atoms with E-state index in [1.807, 2.05) is 27.7 Å². The molecule has 4 heteroatoms. The van der Waals surface area contributed by atoms with E-state index in [-0.39, 0.29) is 35.0 Å². The van der Waals surface area contributed by atoms with E-state index >= 15 is 0 Å². The van der Waals surface area contributed by atoms with Crippen LogP contribution in [-0.4, -0.2) is 40.8 Å². The molecule has 0 amide bonds. The number of nitrogens with one attached hydrogen (secondary N) is 1. The monoisotopic (exact) mass is 371 g/mol. The van der Waals surface area contributed by atoms with E-state index in [1.54, 1.807) is 0 Å². The fourth-order valence-electron chi connectivity index (χ4n) is 4.23. The summed E-state index contributed by atoms with van der Waals surface area (Å²) in [6.45, 7) is 25.3. The van der Waals surface area contributed by atoms with Gasteiger partial charge in [-0.1, -0.05) is 27.7 Å². The third-order valence-electron chi connectivity index (χ3n) is 4.20. The van der Waals surface area contributed by atoms with Crippen LogP contribution >= 0.6 is 0 Å². The van der Waals surface area contributed by atoms with Gasteiger partial charge in [-0.25, -0.2) is 0 Å². The Labute approximate surface area is 162 Å². The van der Waals surface area contributed by atoms with Crippen molar-refractivity contribution in [3.05, 3.63) is 0 Å². The quantitative estimate of drug-likeness (QED) is 0.516. The van der Waals surface area contributed by atoms with Gasteiger partial charge in [-0.3, -0.25) is 4.79 Å². The van der Waals surface area contributed by atoms with Gasteiger partial charge in [0.25, 0.3) is 0 Å². The van der Waals surface area contributed by atoms with Crippen LogP contribution in [0.3, 0.4) is 0 Å². The summed E-state index contributed by atoms with van der Waals surface area (Å²) in [7, 11) is 0. The first-order valence-electron chi connectivity index (χ1n) is 10.0. The highest BCUT2D eigenvalue weighted by Crippen LogP contribution is 2.34. The van der Waals surface area contributed by atoms with Gasteiger partial charge in [-0.15, -0.1) is 0 Å². The fourth-order valence-corrected chi connectivity index (χ4v) is 4.23. The minimum atomic E-state index is -0.421. The molecule has 0 rings (SSSR count). The molecule has 4 nitrogen and oxygen atoms in total. The number of hydrogen-bond donors (Lipinski definition) is 1. The molecular weight excluding hydrogens is 326 g/mol. The summed E-state index contributed by atoms with van der Waals surface area (Å²) >= 11 is 0. The Balaban J connectivity index is 4.86. The molecule has 0 spiro atoms. The van der Waals surface area contributed by atoms with Crippen molar-refractivity contribution in [1.29, 1.82) is 0 Å². The molecule has 0 aliphatic heterocycles. The lowest BCUT2D eigenvalue weighted by molar-refractivity contribution is -0.168. The van der Waals surface area contributed by atoms with Crippen molar-refractivity contribution < 1.29 is 14.3 Å². The Kier molecular flexibility index (Phi) is 9.00. The number of carbonyl (C=O) groups is 1. The molecule has 0 atom stereocenters. The van der Waals surface area contributed by atoms with Gasteiger partial charge in [0.05, 0.1) is 16.8 Å². The van der Waals surface area contributed by atoms with E-state index in [0.29, 0.717) is 12.5 Å². The molecule has 0 fully saturated rings. The van der Waals surface area contributed by atoms with Gasteiger partial charge in [0.1, 0.15) is 6.61 Å². The third kappa shape index (κ3) is 11.3. The van der Waals surface area contributed by atoms with Gasteiger partial charge in [0, 0.05) is 23.9 Å². The molecule has 1 N–H and O–H groups in total. The molecule has 0 radical (unpaired) electrons. The molecule has 0 saturated heterocycles. The van der Waals surface area contributed by atoms with Crippen LogP contribution in [0.25, 0.3) is 0 Å². The van der Waals surface area contributed by atoms with E-state index in [2.05, 4.69) is 60.7 Å².